The Morgan fingerprint density at radius 3 is 2.26 bits per heavy atom. The monoisotopic (exact) mass is 362 g/mol. The van der Waals surface area contributed by atoms with Crippen LogP contribution < -0.4 is 4.90 Å². The first-order valence-electron chi connectivity index (χ1n) is 9.72. The van der Waals surface area contributed by atoms with Crippen molar-refractivity contribution in [2.24, 2.45) is 0 Å². The predicted molar refractivity (Wildman–Crippen MR) is 111 cm³/mol. The number of aromatic nitrogens is 1. The van der Waals surface area contributed by atoms with E-state index in [0.717, 1.165) is 38.5 Å². The molecule has 0 aliphatic carbocycles. The minimum Gasteiger partial charge on any atom is -0.353 e. The molecule has 0 N–H and O–H groups in total. The number of anilines is 1. The van der Waals surface area contributed by atoms with Crippen LogP contribution in [0.3, 0.4) is 0 Å². The highest BCUT2D eigenvalue weighted by Crippen LogP contribution is 2.28. The molecule has 2 aromatic rings. The first-order chi connectivity index (χ1) is 12.8. The summed E-state index contributed by atoms with van der Waals surface area (Å²) in [7, 11) is 0. The van der Waals surface area contributed by atoms with Gasteiger partial charge in [0.05, 0.1) is 5.56 Å². The van der Waals surface area contributed by atoms with Crippen LogP contribution in [0, 0.1) is 25.2 Å². The van der Waals surface area contributed by atoms with Gasteiger partial charge in [-0.3, -0.25) is 4.90 Å². The lowest BCUT2D eigenvalue weighted by Crippen LogP contribution is -2.46. The van der Waals surface area contributed by atoms with Crippen LogP contribution >= 0.6 is 0 Å². The third-order valence-electron chi connectivity index (χ3n) is 5.52. The Morgan fingerprint density at radius 1 is 1.07 bits per heavy atom. The summed E-state index contributed by atoms with van der Waals surface area (Å²) in [4.78, 5) is 9.17. The highest BCUT2D eigenvalue weighted by Gasteiger charge is 2.22. The maximum Gasteiger partial charge on any atom is 0.146 e. The van der Waals surface area contributed by atoms with Crippen LogP contribution in [-0.4, -0.2) is 36.1 Å². The van der Waals surface area contributed by atoms with Gasteiger partial charge >= 0.3 is 0 Å². The first-order valence-corrected chi connectivity index (χ1v) is 9.72. The molecule has 0 radical (unpaired) electrons. The van der Waals surface area contributed by atoms with Crippen LogP contribution in [0.2, 0.25) is 0 Å². The largest absolute Gasteiger partial charge is 0.353 e. The van der Waals surface area contributed by atoms with Gasteiger partial charge in [0.1, 0.15) is 11.9 Å². The van der Waals surface area contributed by atoms with Gasteiger partial charge in [-0.25, -0.2) is 4.98 Å². The second-order valence-corrected chi connectivity index (χ2v) is 8.59. The fourth-order valence-corrected chi connectivity index (χ4v) is 3.75. The third-order valence-corrected chi connectivity index (χ3v) is 5.52. The van der Waals surface area contributed by atoms with Gasteiger partial charge in [0.2, 0.25) is 0 Å². The maximum absolute atomic E-state index is 9.31. The standard InChI is InChI=1S/C23H30N4/c1-17-13-20(23(3,4)5)14-18(2)21(17)16-26-9-11-27(12-10-26)22-19(15-24)7-6-8-25-22/h6-8,13-14H,9-12,16H2,1-5H3. The quantitative estimate of drug-likeness (QED) is 0.821. The second-order valence-electron chi connectivity index (χ2n) is 8.59. The average Bonchev–Trinajstić information content (AvgIpc) is 2.64. The fraction of sp³-hybridized carbons (Fsp3) is 0.478. The van der Waals surface area contributed by atoms with E-state index >= 15 is 0 Å². The Hall–Kier alpha value is -2.38. The molecule has 0 unspecified atom stereocenters. The Kier molecular flexibility index (Phi) is 5.53. The van der Waals surface area contributed by atoms with Gasteiger partial charge in [-0.15, -0.1) is 0 Å². The van der Waals surface area contributed by atoms with Gasteiger partial charge in [-0.05, 0) is 53.6 Å². The summed E-state index contributed by atoms with van der Waals surface area (Å²) in [5, 5.41) is 9.31. The zero-order valence-electron chi connectivity index (χ0n) is 17.2. The molecule has 1 aromatic heterocycles. The summed E-state index contributed by atoms with van der Waals surface area (Å²) >= 11 is 0. The molecule has 3 rings (SSSR count). The molecular weight excluding hydrogens is 332 g/mol. The van der Waals surface area contributed by atoms with E-state index in [9.17, 15) is 5.26 Å². The SMILES string of the molecule is Cc1cc(C(C)(C)C)cc(C)c1CN1CCN(c2ncccc2C#N)CC1. The summed E-state index contributed by atoms with van der Waals surface area (Å²) in [6.07, 6.45) is 1.77. The number of nitrogens with zero attached hydrogens (tertiary/aromatic N) is 4. The van der Waals surface area contributed by atoms with Crippen LogP contribution in [0.4, 0.5) is 5.82 Å². The Morgan fingerprint density at radius 2 is 1.70 bits per heavy atom. The van der Waals surface area contributed by atoms with Crippen molar-refractivity contribution in [3.8, 4) is 6.07 Å². The van der Waals surface area contributed by atoms with Crippen molar-refractivity contribution in [2.45, 2.75) is 46.6 Å². The predicted octanol–water partition coefficient (Wildman–Crippen LogP) is 4.19. The number of aryl methyl sites for hydroxylation is 2. The molecular formula is C23H30N4. The number of piperazine rings is 1. The third kappa shape index (κ3) is 4.31. The van der Waals surface area contributed by atoms with Crippen LogP contribution in [0.15, 0.2) is 30.5 Å². The molecule has 0 saturated carbocycles. The van der Waals surface area contributed by atoms with Gasteiger partial charge in [-0.2, -0.15) is 5.26 Å². The van der Waals surface area contributed by atoms with Crippen LogP contribution in [0.25, 0.3) is 0 Å². The zero-order valence-corrected chi connectivity index (χ0v) is 17.2. The van der Waals surface area contributed by atoms with Crippen molar-refractivity contribution >= 4 is 5.82 Å². The molecule has 1 aliphatic heterocycles. The number of hydrogen-bond acceptors (Lipinski definition) is 4. The lowest BCUT2D eigenvalue weighted by Gasteiger charge is -2.36. The first kappa shape index (κ1) is 19.4. The summed E-state index contributed by atoms with van der Waals surface area (Å²) in [5.74, 6) is 0.821. The van der Waals surface area contributed by atoms with Crippen molar-refractivity contribution in [2.75, 3.05) is 31.1 Å². The number of pyridine rings is 1. The molecule has 0 atom stereocenters. The topological polar surface area (TPSA) is 43.2 Å². The van der Waals surface area contributed by atoms with E-state index in [4.69, 9.17) is 0 Å². The molecule has 4 nitrogen and oxygen atoms in total. The average molecular weight is 363 g/mol. The van der Waals surface area contributed by atoms with E-state index in [1.807, 2.05) is 12.1 Å². The lowest BCUT2D eigenvalue weighted by molar-refractivity contribution is 0.248. The van der Waals surface area contributed by atoms with E-state index in [0.29, 0.717) is 5.56 Å². The van der Waals surface area contributed by atoms with Crippen molar-refractivity contribution in [3.63, 3.8) is 0 Å². The van der Waals surface area contributed by atoms with Crippen molar-refractivity contribution < 1.29 is 0 Å². The van der Waals surface area contributed by atoms with Crippen molar-refractivity contribution in [1.29, 1.82) is 5.26 Å². The number of benzene rings is 1. The van der Waals surface area contributed by atoms with Crippen LogP contribution in [-0.2, 0) is 12.0 Å². The number of rotatable bonds is 3. The number of nitriles is 1. The van der Waals surface area contributed by atoms with Gasteiger partial charge < -0.3 is 4.90 Å². The molecule has 1 saturated heterocycles. The molecule has 142 valence electrons. The summed E-state index contributed by atoms with van der Waals surface area (Å²) < 4.78 is 0. The van der Waals surface area contributed by atoms with Gasteiger partial charge in [0.25, 0.3) is 0 Å². The zero-order chi connectivity index (χ0) is 19.6. The Bertz CT molecular complexity index is 826. The summed E-state index contributed by atoms with van der Waals surface area (Å²) in [6, 6.07) is 10.6. The van der Waals surface area contributed by atoms with E-state index in [1.54, 1.807) is 6.20 Å². The van der Waals surface area contributed by atoms with Gasteiger partial charge in [0.15, 0.2) is 0 Å². The lowest BCUT2D eigenvalue weighted by atomic mass is 9.83. The highest BCUT2D eigenvalue weighted by atomic mass is 15.3. The van der Waals surface area contributed by atoms with Crippen molar-refractivity contribution in [3.05, 3.63) is 58.3 Å². The van der Waals surface area contributed by atoms with Crippen molar-refractivity contribution in [1.82, 2.24) is 9.88 Å². The van der Waals surface area contributed by atoms with Gasteiger partial charge in [-0.1, -0.05) is 32.9 Å². The van der Waals surface area contributed by atoms with Crippen LogP contribution in [0.5, 0.6) is 0 Å². The minimum absolute atomic E-state index is 0.181. The Balaban J connectivity index is 1.69. The maximum atomic E-state index is 9.31. The van der Waals surface area contributed by atoms with E-state index in [1.165, 1.54) is 22.3 Å². The second kappa shape index (κ2) is 7.70. The summed E-state index contributed by atoms with van der Waals surface area (Å²) in [6.45, 7) is 16.1. The molecule has 2 heterocycles. The molecule has 0 bridgehead atoms. The highest BCUT2D eigenvalue weighted by molar-refractivity contribution is 5.53. The molecule has 1 aliphatic rings. The normalized spacial score (nSPS) is 15.6. The van der Waals surface area contributed by atoms with E-state index in [-0.39, 0.29) is 5.41 Å². The molecule has 4 heteroatoms. The Labute approximate surface area is 163 Å². The number of hydrogen-bond donors (Lipinski definition) is 0. The van der Waals surface area contributed by atoms with Gasteiger partial charge in [0, 0.05) is 38.9 Å². The molecule has 1 aromatic carbocycles. The minimum atomic E-state index is 0.181. The molecule has 27 heavy (non-hydrogen) atoms. The fourth-order valence-electron chi connectivity index (χ4n) is 3.75. The summed E-state index contributed by atoms with van der Waals surface area (Å²) in [5.41, 5.74) is 6.48. The van der Waals surface area contributed by atoms with Crippen LogP contribution in [0.1, 0.15) is 48.6 Å². The smallest absolute Gasteiger partial charge is 0.146 e. The van der Waals surface area contributed by atoms with E-state index < -0.39 is 0 Å². The molecule has 1 fully saturated rings. The molecule has 0 spiro atoms. The van der Waals surface area contributed by atoms with E-state index in [2.05, 4.69) is 67.6 Å². The molecule has 0 amide bonds.